The fourth-order valence-electron chi connectivity index (χ4n) is 2.53. The van der Waals surface area contributed by atoms with Crippen molar-refractivity contribution in [2.24, 2.45) is 0 Å². The standard InChI is InChI=1S/C15H19FN2O2/c1-4-13-14(19)17-10(3)15(20)18(13)8-11-5-6-12(16)7-9(11)2/h5-7,10,13H,4,8H2,1-3H3,(H,17,19). The molecule has 0 bridgehead atoms. The van der Waals surface area contributed by atoms with Crippen molar-refractivity contribution in [1.29, 1.82) is 0 Å². The summed E-state index contributed by atoms with van der Waals surface area (Å²) in [6.45, 7) is 5.69. The van der Waals surface area contributed by atoms with Gasteiger partial charge in [-0.05, 0) is 43.5 Å². The summed E-state index contributed by atoms with van der Waals surface area (Å²) in [4.78, 5) is 25.8. The summed E-state index contributed by atoms with van der Waals surface area (Å²) < 4.78 is 13.1. The van der Waals surface area contributed by atoms with E-state index >= 15 is 0 Å². The highest BCUT2D eigenvalue weighted by Gasteiger charge is 2.37. The maximum absolute atomic E-state index is 13.1. The molecule has 2 atom stereocenters. The van der Waals surface area contributed by atoms with Crippen LogP contribution < -0.4 is 5.32 Å². The SMILES string of the molecule is CCC1C(=O)NC(C)C(=O)N1Cc1ccc(F)cc1C. The van der Waals surface area contributed by atoms with Crippen molar-refractivity contribution >= 4 is 11.8 Å². The number of benzene rings is 1. The molecule has 1 aromatic rings. The lowest BCUT2D eigenvalue weighted by atomic mass is 10.0. The molecule has 0 aromatic heterocycles. The van der Waals surface area contributed by atoms with Gasteiger partial charge in [0.2, 0.25) is 11.8 Å². The van der Waals surface area contributed by atoms with Crippen molar-refractivity contribution < 1.29 is 14.0 Å². The molecule has 2 rings (SSSR count). The van der Waals surface area contributed by atoms with Gasteiger partial charge >= 0.3 is 0 Å². The third-order valence-electron chi connectivity index (χ3n) is 3.72. The highest BCUT2D eigenvalue weighted by Crippen LogP contribution is 2.19. The summed E-state index contributed by atoms with van der Waals surface area (Å²) in [7, 11) is 0. The van der Waals surface area contributed by atoms with E-state index in [1.54, 1.807) is 24.8 Å². The molecule has 2 unspecified atom stereocenters. The number of hydrogen-bond acceptors (Lipinski definition) is 2. The fourth-order valence-corrected chi connectivity index (χ4v) is 2.53. The number of hydrogen-bond donors (Lipinski definition) is 1. The van der Waals surface area contributed by atoms with Crippen molar-refractivity contribution in [3.63, 3.8) is 0 Å². The Morgan fingerprint density at radius 3 is 2.65 bits per heavy atom. The monoisotopic (exact) mass is 278 g/mol. The topological polar surface area (TPSA) is 49.4 Å². The molecule has 4 nitrogen and oxygen atoms in total. The molecule has 1 N–H and O–H groups in total. The highest BCUT2D eigenvalue weighted by molar-refractivity contribution is 5.96. The Hall–Kier alpha value is -1.91. The first-order valence-corrected chi connectivity index (χ1v) is 6.80. The molecule has 1 fully saturated rings. The average Bonchev–Trinajstić information content (AvgIpc) is 2.38. The predicted molar refractivity (Wildman–Crippen MR) is 73.4 cm³/mol. The van der Waals surface area contributed by atoms with Crippen molar-refractivity contribution in [3.05, 3.63) is 35.1 Å². The Morgan fingerprint density at radius 1 is 1.35 bits per heavy atom. The van der Waals surface area contributed by atoms with Crippen LogP contribution in [0.4, 0.5) is 4.39 Å². The molecule has 20 heavy (non-hydrogen) atoms. The molecule has 1 saturated heterocycles. The van der Waals surface area contributed by atoms with E-state index in [4.69, 9.17) is 0 Å². The molecule has 1 aliphatic heterocycles. The van der Waals surface area contributed by atoms with Crippen LogP contribution in [0.5, 0.6) is 0 Å². The van der Waals surface area contributed by atoms with Crippen LogP contribution >= 0.6 is 0 Å². The number of carbonyl (C=O) groups excluding carboxylic acids is 2. The van der Waals surface area contributed by atoms with Crippen LogP contribution in [0.15, 0.2) is 18.2 Å². The van der Waals surface area contributed by atoms with Crippen molar-refractivity contribution in [3.8, 4) is 0 Å². The summed E-state index contributed by atoms with van der Waals surface area (Å²) in [5.74, 6) is -0.520. The minimum absolute atomic E-state index is 0.0971. The molecule has 5 heteroatoms. The zero-order chi connectivity index (χ0) is 14.9. The van der Waals surface area contributed by atoms with E-state index in [9.17, 15) is 14.0 Å². The summed E-state index contributed by atoms with van der Waals surface area (Å²) in [5.41, 5.74) is 1.64. The first-order chi connectivity index (χ1) is 9.43. The van der Waals surface area contributed by atoms with Crippen molar-refractivity contribution in [2.75, 3.05) is 0 Å². The van der Waals surface area contributed by atoms with E-state index in [0.29, 0.717) is 13.0 Å². The van der Waals surface area contributed by atoms with Gasteiger partial charge in [0.1, 0.15) is 17.9 Å². The van der Waals surface area contributed by atoms with E-state index in [1.165, 1.54) is 12.1 Å². The number of aryl methyl sites for hydroxylation is 1. The molecule has 1 aliphatic rings. The van der Waals surface area contributed by atoms with Crippen LogP contribution in [0, 0.1) is 12.7 Å². The number of amides is 2. The maximum Gasteiger partial charge on any atom is 0.245 e. The molecular weight excluding hydrogens is 259 g/mol. The third kappa shape index (κ3) is 2.66. The smallest absolute Gasteiger partial charge is 0.245 e. The molecule has 2 amide bonds. The maximum atomic E-state index is 13.1. The molecule has 0 spiro atoms. The average molecular weight is 278 g/mol. The zero-order valence-electron chi connectivity index (χ0n) is 11.9. The van der Waals surface area contributed by atoms with E-state index < -0.39 is 12.1 Å². The van der Waals surface area contributed by atoms with E-state index in [0.717, 1.165) is 11.1 Å². The van der Waals surface area contributed by atoms with Gasteiger partial charge in [-0.15, -0.1) is 0 Å². The lowest BCUT2D eigenvalue weighted by Crippen LogP contribution is -2.61. The van der Waals surface area contributed by atoms with Gasteiger partial charge in [0.05, 0.1) is 0 Å². The van der Waals surface area contributed by atoms with Crippen LogP contribution in [0.2, 0.25) is 0 Å². The van der Waals surface area contributed by atoms with Gasteiger partial charge in [-0.2, -0.15) is 0 Å². The van der Waals surface area contributed by atoms with Crippen LogP contribution in [0.3, 0.4) is 0 Å². The number of carbonyl (C=O) groups is 2. The van der Waals surface area contributed by atoms with Crippen LogP contribution in [-0.4, -0.2) is 28.8 Å². The molecule has 108 valence electrons. The Bertz CT molecular complexity index is 545. The highest BCUT2D eigenvalue weighted by atomic mass is 19.1. The third-order valence-corrected chi connectivity index (χ3v) is 3.72. The van der Waals surface area contributed by atoms with Gasteiger partial charge in [-0.1, -0.05) is 13.0 Å². The Balaban J connectivity index is 2.28. The molecule has 1 aromatic carbocycles. The van der Waals surface area contributed by atoms with Crippen LogP contribution in [0.1, 0.15) is 31.4 Å². The number of halogens is 1. The summed E-state index contributed by atoms with van der Waals surface area (Å²) in [5, 5.41) is 2.68. The van der Waals surface area contributed by atoms with Gasteiger partial charge in [-0.3, -0.25) is 9.59 Å². The molecule has 1 heterocycles. The number of piperazine rings is 1. The van der Waals surface area contributed by atoms with Crippen molar-refractivity contribution in [1.82, 2.24) is 10.2 Å². The second kappa shape index (κ2) is 5.61. The second-order valence-electron chi connectivity index (χ2n) is 5.19. The normalized spacial score (nSPS) is 22.9. The summed E-state index contributed by atoms with van der Waals surface area (Å²) in [6.07, 6.45) is 0.560. The zero-order valence-corrected chi connectivity index (χ0v) is 11.9. The number of nitrogens with zero attached hydrogens (tertiary/aromatic N) is 1. The molecular formula is C15H19FN2O2. The minimum Gasteiger partial charge on any atom is -0.343 e. The lowest BCUT2D eigenvalue weighted by molar-refractivity contribution is -0.149. The predicted octanol–water partition coefficient (Wildman–Crippen LogP) is 1.76. The summed E-state index contributed by atoms with van der Waals surface area (Å²) in [6, 6.07) is 3.52. The quantitative estimate of drug-likeness (QED) is 0.916. The van der Waals surface area contributed by atoms with E-state index in [1.807, 2.05) is 6.92 Å². The van der Waals surface area contributed by atoms with Crippen molar-refractivity contribution in [2.45, 2.75) is 45.8 Å². The second-order valence-corrected chi connectivity index (χ2v) is 5.19. The van der Waals surface area contributed by atoms with Gasteiger partial charge in [-0.25, -0.2) is 4.39 Å². The molecule has 0 aliphatic carbocycles. The first-order valence-electron chi connectivity index (χ1n) is 6.80. The Kier molecular flexibility index (Phi) is 4.06. The Morgan fingerprint density at radius 2 is 2.05 bits per heavy atom. The van der Waals surface area contributed by atoms with Crippen LogP contribution in [-0.2, 0) is 16.1 Å². The molecule has 0 radical (unpaired) electrons. The van der Waals surface area contributed by atoms with E-state index in [-0.39, 0.29) is 17.6 Å². The van der Waals surface area contributed by atoms with Crippen LogP contribution in [0.25, 0.3) is 0 Å². The number of nitrogens with one attached hydrogen (secondary N) is 1. The first kappa shape index (κ1) is 14.5. The van der Waals surface area contributed by atoms with Gasteiger partial charge < -0.3 is 10.2 Å². The van der Waals surface area contributed by atoms with E-state index in [2.05, 4.69) is 5.32 Å². The van der Waals surface area contributed by atoms with Gasteiger partial charge in [0.25, 0.3) is 0 Å². The molecule has 0 saturated carbocycles. The largest absolute Gasteiger partial charge is 0.343 e. The minimum atomic E-state index is -0.508. The Labute approximate surface area is 118 Å². The fraction of sp³-hybridized carbons (Fsp3) is 0.467. The van der Waals surface area contributed by atoms with Gasteiger partial charge in [0.15, 0.2) is 0 Å². The van der Waals surface area contributed by atoms with Gasteiger partial charge in [0, 0.05) is 6.54 Å². The lowest BCUT2D eigenvalue weighted by Gasteiger charge is -2.37. The summed E-state index contributed by atoms with van der Waals surface area (Å²) >= 11 is 0. The number of rotatable bonds is 3.